The van der Waals surface area contributed by atoms with Gasteiger partial charge in [0.1, 0.15) is 0 Å². The molecule has 0 saturated heterocycles. The molecule has 5 nitrogen and oxygen atoms in total. The number of rotatable bonds is 3. The van der Waals surface area contributed by atoms with E-state index in [0.717, 1.165) is 17.1 Å². The number of hydrogen-bond acceptors (Lipinski definition) is 3. The zero-order valence-electron chi connectivity index (χ0n) is 11.0. The van der Waals surface area contributed by atoms with Gasteiger partial charge in [0.2, 0.25) is 0 Å². The molecule has 2 aromatic heterocycles. The molecule has 92 valence electrons. The minimum absolute atomic E-state index is 0.126. The highest BCUT2D eigenvalue weighted by atomic mass is 15.3. The van der Waals surface area contributed by atoms with Crippen molar-refractivity contribution in [1.29, 1.82) is 0 Å². The molecule has 0 bridgehead atoms. The number of aromatic nitrogens is 4. The largest absolute Gasteiger partial charge is 0.310 e. The van der Waals surface area contributed by atoms with Gasteiger partial charge < -0.3 is 5.32 Å². The Morgan fingerprint density at radius 2 is 2.06 bits per heavy atom. The van der Waals surface area contributed by atoms with Gasteiger partial charge >= 0.3 is 0 Å². The molecule has 0 aliphatic carbocycles. The fraction of sp³-hybridized carbons (Fsp3) is 0.500. The SMILES string of the molecule is CNC(C)(C)c1cncn1-c1cn(C)nc1C. The smallest absolute Gasteiger partial charge is 0.0995 e. The van der Waals surface area contributed by atoms with Gasteiger partial charge in [-0.2, -0.15) is 5.10 Å². The first kappa shape index (κ1) is 11.9. The van der Waals surface area contributed by atoms with Crippen LogP contribution in [-0.4, -0.2) is 26.4 Å². The third-order valence-electron chi connectivity index (χ3n) is 3.15. The molecule has 1 N–H and O–H groups in total. The van der Waals surface area contributed by atoms with Gasteiger partial charge in [0.15, 0.2) is 0 Å². The fourth-order valence-corrected chi connectivity index (χ4v) is 1.90. The van der Waals surface area contributed by atoms with Crippen molar-refractivity contribution in [2.45, 2.75) is 26.3 Å². The molecule has 2 rings (SSSR count). The number of aryl methyl sites for hydroxylation is 2. The van der Waals surface area contributed by atoms with E-state index in [1.807, 2.05) is 44.4 Å². The Kier molecular flexibility index (Phi) is 2.79. The molecule has 0 aliphatic heterocycles. The lowest BCUT2D eigenvalue weighted by atomic mass is 10.0. The summed E-state index contributed by atoms with van der Waals surface area (Å²) in [5.41, 5.74) is 3.07. The van der Waals surface area contributed by atoms with Crippen molar-refractivity contribution in [2.24, 2.45) is 7.05 Å². The van der Waals surface area contributed by atoms with Gasteiger partial charge in [0, 0.05) is 13.2 Å². The van der Waals surface area contributed by atoms with Gasteiger partial charge in [-0.15, -0.1) is 0 Å². The summed E-state index contributed by atoms with van der Waals surface area (Å²) < 4.78 is 3.90. The number of nitrogens with zero attached hydrogens (tertiary/aromatic N) is 4. The van der Waals surface area contributed by atoms with Crippen LogP contribution in [0.4, 0.5) is 0 Å². The van der Waals surface area contributed by atoms with Gasteiger partial charge in [-0.3, -0.25) is 9.25 Å². The van der Waals surface area contributed by atoms with Crippen LogP contribution in [0.15, 0.2) is 18.7 Å². The Morgan fingerprint density at radius 3 is 2.59 bits per heavy atom. The van der Waals surface area contributed by atoms with Crippen LogP contribution in [0.25, 0.3) is 5.69 Å². The first-order valence-electron chi connectivity index (χ1n) is 5.68. The summed E-state index contributed by atoms with van der Waals surface area (Å²) in [6.07, 6.45) is 5.73. The van der Waals surface area contributed by atoms with E-state index in [1.54, 1.807) is 0 Å². The summed E-state index contributed by atoms with van der Waals surface area (Å²) in [6, 6.07) is 0. The molecule has 0 atom stereocenters. The zero-order chi connectivity index (χ0) is 12.6. The summed E-state index contributed by atoms with van der Waals surface area (Å²) in [5.74, 6) is 0. The summed E-state index contributed by atoms with van der Waals surface area (Å²) >= 11 is 0. The average molecular weight is 233 g/mol. The molecule has 0 radical (unpaired) electrons. The summed E-state index contributed by atoms with van der Waals surface area (Å²) in [5, 5.41) is 7.66. The predicted molar refractivity (Wildman–Crippen MR) is 67.2 cm³/mol. The number of hydrogen-bond donors (Lipinski definition) is 1. The maximum absolute atomic E-state index is 4.36. The van der Waals surface area contributed by atoms with Crippen LogP contribution in [0.3, 0.4) is 0 Å². The van der Waals surface area contributed by atoms with Crippen LogP contribution < -0.4 is 5.32 Å². The van der Waals surface area contributed by atoms with Crippen LogP contribution >= 0.6 is 0 Å². The molecule has 0 spiro atoms. The zero-order valence-corrected chi connectivity index (χ0v) is 11.0. The van der Waals surface area contributed by atoms with Gasteiger partial charge in [-0.1, -0.05) is 0 Å². The van der Waals surface area contributed by atoms with E-state index in [0.29, 0.717) is 0 Å². The fourth-order valence-electron chi connectivity index (χ4n) is 1.90. The molecule has 0 aliphatic rings. The van der Waals surface area contributed by atoms with Gasteiger partial charge in [-0.05, 0) is 27.8 Å². The Morgan fingerprint density at radius 1 is 1.35 bits per heavy atom. The molecule has 2 heterocycles. The lowest BCUT2D eigenvalue weighted by molar-refractivity contribution is 0.424. The Hall–Kier alpha value is -1.62. The number of imidazole rings is 1. The second kappa shape index (κ2) is 4.00. The van der Waals surface area contributed by atoms with Crippen molar-refractivity contribution in [2.75, 3.05) is 7.05 Å². The van der Waals surface area contributed by atoms with Crippen LogP contribution in [0.5, 0.6) is 0 Å². The third-order valence-corrected chi connectivity index (χ3v) is 3.15. The lowest BCUT2D eigenvalue weighted by Gasteiger charge is -2.25. The lowest BCUT2D eigenvalue weighted by Crippen LogP contribution is -2.35. The van der Waals surface area contributed by atoms with E-state index in [4.69, 9.17) is 0 Å². The molecule has 2 aromatic rings. The Labute approximate surface area is 101 Å². The first-order valence-corrected chi connectivity index (χ1v) is 5.68. The molecule has 0 amide bonds. The minimum Gasteiger partial charge on any atom is -0.310 e. The predicted octanol–water partition coefficient (Wildman–Crippen LogP) is 1.37. The van der Waals surface area contributed by atoms with E-state index in [-0.39, 0.29) is 5.54 Å². The molecule has 0 unspecified atom stereocenters. The maximum atomic E-state index is 4.36. The molecular weight excluding hydrogens is 214 g/mol. The second-order valence-corrected chi connectivity index (χ2v) is 4.80. The van der Waals surface area contributed by atoms with Crippen LogP contribution in [0, 0.1) is 6.92 Å². The molecular formula is C12H19N5. The van der Waals surface area contributed by atoms with E-state index in [1.165, 1.54) is 0 Å². The molecule has 0 saturated carbocycles. The average Bonchev–Trinajstić information content (AvgIpc) is 2.84. The maximum Gasteiger partial charge on any atom is 0.0995 e. The van der Waals surface area contributed by atoms with E-state index in [9.17, 15) is 0 Å². The highest BCUT2D eigenvalue weighted by Crippen LogP contribution is 2.23. The Bertz CT molecular complexity index is 521. The monoisotopic (exact) mass is 233 g/mol. The highest BCUT2D eigenvalue weighted by molar-refractivity contribution is 5.37. The molecule has 5 heteroatoms. The van der Waals surface area contributed by atoms with Crippen molar-refractivity contribution in [3.63, 3.8) is 0 Å². The second-order valence-electron chi connectivity index (χ2n) is 4.80. The van der Waals surface area contributed by atoms with Crippen LogP contribution in [0.1, 0.15) is 25.2 Å². The van der Waals surface area contributed by atoms with Crippen molar-refractivity contribution < 1.29 is 0 Å². The molecule has 17 heavy (non-hydrogen) atoms. The van der Waals surface area contributed by atoms with Gasteiger partial charge in [0.05, 0.1) is 35.1 Å². The van der Waals surface area contributed by atoms with Crippen molar-refractivity contribution in [1.82, 2.24) is 24.6 Å². The van der Waals surface area contributed by atoms with E-state index >= 15 is 0 Å². The summed E-state index contributed by atoms with van der Waals surface area (Å²) in [7, 11) is 3.88. The standard InChI is InChI=1S/C12H19N5/c1-9-10(7-16(5)15-9)17-8-14-6-11(17)12(2,3)13-4/h6-8,13H,1-5H3. The molecule has 0 aromatic carbocycles. The minimum atomic E-state index is -0.126. The first-order chi connectivity index (χ1) is 7.95. The topological polar surface area (TPSA) is 47.7 Å². The van der Waals surface area contributed by atoms with Crippen LogP contribution in [0.2, 0.25) is 0 Å². The van der Waals surface area contributed by atoms with Gasteiger partial charge in [0.25, 0.3) is 0 Å². The normalized spacial score (nSPS) is 12.1. The quantitative estimate of drug-likeness (QED) is 0.871. The van der Waals surface area contributed by atoms with E-state index in [2.05, 4.69) is 33.8 Å². The number of nitrogens with one attached hydrogen (secondary N) is 1. The van der Waals surface area contributed by atoms with Crippen molar-refractivity contribution in [3.8, 4) is 5.69 Å². The molecule has 0 fully saturated rings. The van der Waals surface area contributed by atoms with Crippen molar-refractivity contribution >= 4 is 0 Å². The Balaban J connectivity index is 2.55. The highest BCUT2D eigenvalue weighted by Gasteiger charge is 2.23. The summed E-state index contributed by atoms with van der Waals surface area (Å²) in [4.78, 5) is 4.25. The van der Waals surface area contributed by atoms with Crippen LogP contribution in [-0.2, 0) is 12.6 Å². The van der Waals surface area contributed by atoms with E-state index < -0.39 is 0 Å². The third kappa shape index (κ3) is 1.98. The van der Waals surface area contributed by atoms with Gasteiger partial charge in [-0.25, -0.2) is 4.98 Å². The summed E-state index contributed by atoms with van der Waals surface area (Å²) in [6.45, 7) is 6.27. The van der Waals surface area contributed by atoms with Crippen molar-refractivity contribution in [3.05, 3.63) is 30.1 Å².